The Balaban J connectivity index is 1.86. The Bertz CT molecular complexity index is 925. The number of aliphatic hydroxyl groups excluding tert-OH is 2. The Morgan fingerprint density at radius 2 is 1.15 bits per heavy atom. The van der Waals surface area contributed by atoms with E-state index in [0.717, 1.165) is 11.3 Å². The maximum Gasteiger partial charge on any atom is 0.269 e. The minimum atomic E-state index is -1.08. The molecule has 0 saturated carbocycles. The lowest BCUT2D eigenvalue weighted by molar-refractivity contribution is -0.385. The lowest BCUT2D eigenvalue weighted by Gasteiger charge is -2.10. The fraction of sp³-hybridized carbons (Fsp3) is 0.111. The second kappa shape index (κ2) is 7.62. The fourth-order valence-electron chi connectivity index (χ4n) is 2.61. The quantitative estimate of drug-likeness (QED) is 0.491. The smallest absolute Gasteiger partial charge is 0.269 e. The second-order valence-electron chi connectivity index (χ2n) is 5.75. The molecule has 0 saturated heterocycles. The van der Waals surface area contributed by atoms with Crippen molar-refractivity contribution in [2.24, 2.45) is 0 Å². The molecule has 2 atom stereocenters. The van der Waals surface area contributed by atoms with E-state index in [1.807, 2.05) is 0 Å². The van der Waals surface area contributed by atoms with Gasteiger partial charge in [0.05, 0.1) is 9.85 Å². The van der Waals surface area contributed by atoms with Crippen LogP contribution < -0.4 is 0 Å². The molecule has 0 unspecified atom stereocenters. The van der Waals surface area contributed by atoms with Crippen molar-refractivity contribution in [1.29, 1.82) is 0 Å². The molecule has 0 aliphatic heterocycles. The Kier molecular flexibility index (Phi) is 5.26. The van der Waals surface area contributed by atoms with Gasteiger partial charge in [-0.15, -0.1) is 11.3 Å². The number of nitro benzene ring substituents is 2. The third-order valence-corrected chi connectivity index (χ3v) is 5.17. The zero-order chi connectivity index (χ0) is 19.6. The van der Waals surface area contributed by atoms with Gasteiger partial charge in [-0.25, -0.2) is 0 Å². The molecule has 1 heterocycles. The molecular formula is C18H14N2O6S. The number of benzene rings is 2. The third kappa shape index (κ3) is 4.00. The number of non-ortho nitro benzene ring substituents is 2. The van der Waals surface area contributed by atoms with Gasteiger partial charge in [0.2, 0.25) is 0 Å². The van der Waals surface area contributed by atoms with E-state index < -0.39 is 22.1 Å². The molecule has 0 radical (unpaired) electrons. The highest BCUT2D eigenvalue weighted by Gasteiger charge is 2.20. The number of hydrogen-bond donors (Lipinski definition) is 2. The molecule has 0 aliphatic rings. The summed E-state index contributed by atoms with van der Waals surface area (Å²) in [6.07, 6.45) is -2.16. The van der Waals surface area contributed by atoms with Gasteiger partial charge in [0.25, 0.3) is 11.4 Å². The summed E-state index contributed by atoms with van der Waals surface area (Å²) in [5.41, 5.74) is 0.477. The van der Waals surface area contributed by atoms with Crippen LogP contribution >= 0.6 is 11.3 Å². The molecule has 0 fully saturated rings. The van der Waals surface area contributed by atoms with Crippen LogP contribution in [0.1, 0.15) is 33.1 Å². The first-order valence-electron chi connectivity index (χ1n) is 7.81. The van der Waals surface area contributed by atoms with E-state index >= 15 is 0 Å². The average Bonchev–Trinajstić information content (AvgIpc) is 3.17. The highest BCUT2D eigenvalue weighted by molar-refractivity contribution is 7.12. The van der Waals surface area contributed by atoms with Crippen LogP contribution in [-0.2, 0) is 0 Å². The van der Waals surface area contributed by atoms with Crippen LogP contribution in [0.25, 0.3) is 0 Å². The molecule has 0 amide bonds. The molecule has 0 bridgehead atoms. The molecule has 0 aliphatic carbocycles. The van der Waals surface area contributed by atoms with Gasteiger partial charge >= 0.3 is 0 Å². The van der Waals surface area contributed by atoms with Gasteiger partial charge < -0.3 is 10.2 Å². The standard InChI is InChI=1S/C18H14N2O6S/c21-17(11-3-1-5-13(9-11)19(23)24)15-7-8-16(27-15)18(22)12-4-2-6-14(10-12)20(25)26/h1-10,17-18,21-22H/t17-,18-/m1/s1. The zero-order valence-electron chi connectivity index (χ0n) is 13.8. The highest BCUT2D eigenvalue weighted by atomic mass is 32.1. The number of rotatable bonds is 6. The summed E-state index contributed by atoms with van der Waals surface area (Å²) in [6.45, 7) is 0. The summed E-state index contributed by atoms with van der Waals surface area (Å²) in [6, 6.07) is 14.6. The largest absolute Gasteiger partial charge is 0.383 e. The molecular weight excluding hydrogens is 372 g/mol. The third-order valence-electron chi connectivity index (χ3n) is 3.98. The van der Waals surface area contributed by atoms with Crippen LogP contribution in [0.3, 0.4) is 0 Å². The van der Waals surface area contributed by atoms with Crippen LogP contribution in [0.2, 0.25) is 0 Å². The van der Waals surface area contributed by atoms with Crippen LogP contribution in [-0.4, -0.2) is 20.1 Å². The van der Waals surface area contributed by atoms with Gasteiger partial charge in [0, 0.05) is 34.0 Å². The minimum Gasteiger partial charge on any atom is -0.383 e. The molecule has 1 aromatic heterocycles. The molecule has 3 rings (SSSR count). The topological polar surface area (TPSA) is 127 Å². The van der Waals surface area contributed by atoms with E-state index in [4.69, 9.17) is 0 Å². The maximum absolute atomic E-state index is 10.9. The molecule has 9 heteroatoms. The van der Waals surface area contributed by atoms with E-state index in [1.165, 1.54) is 36.4 Å². The maximum atomic E-state index is 10.9. The normalized spacial score (nSPS) is 13.1. The van der Waals surface area contributed by atoms with Gasteiger partial charge in [-0.3, -0.25) is 20.2 Å². The Hall–Kier alpha value is -3.14. The number of aliphatic hydroxyl groups is 2. The summed E-state index contributed by atoms with van der Waals surface area (Å²) in [7, 11) is 0. The Morgan fingerprint density at radius 1 is 0.741 bits per heavy atom. The van der Waals surface area contributed by atoms with E-state index in [2.05, 4.69) is 0 Å². The summed E-state index contributed by atoms with van der Waals surface area (Å²) in [4.78, 5) is 21.7. The number of nitrogens with zero attached hydrogens (tertiary/aromatic N) is 2. The van der Waals surface area contributed by atoms with Gasteiger partial charge in [-0.2, -0.15) is 0 Å². The fourth-order valence-corrected chi connectivity index (χ4v) is 3.65. The second-order valence-corrected chi connectivity index (χ2v) is 6.90. The molecule has 27 heavy (non-hydrogen) atoms. The number of nitro groups is 2. The van der Waals surface area contributed by atoms with E-state index in [-0.39, 0.29) is 11.4 Å². The van der Waals surface area contributed by atoms with Crippen molar-refractivity contribution < 1.29 is 20.1 Å². The zero-order valence-corrected chi connectivity index (χ0v) is 14.6. The summed E-state index contributed by atoms with van der Waals surface area (Å²) < 4.78 is 0. The van der Waals surface area contributed by atoms with E-state index in [9.17, 15) is 30.4 Å². The molecule has 2 aromatic carbocycles. The van der Waals surface area contributed by atoms with E-state index in [0.29, 0.717) is 20.9 Å². The molecule has 2 N–H and O–H groups in total. The first-order valence-corrected chi connectivity index (χ1v) is 8.63. The summed E-state index contributed by atoms with van der Waals surface area (Å²) in [5.74, 6) is 0. The molecule has 8 nitrogen and oxygen atoms in total. The molecule has 0 spiro atoms. The summed E-state index contributed by atoms with van der Waals surface area (Å²) >= 11 is 1.13. The molecule has 3 aromatic rings. The first-order chi connectivity index (χ1) is 12.9. The van der Waals surface area contributed by atoms with Crippen molar-refractivity contribution in [3.63, 3.8) is 0 Å². The number of thiophene rings is 1. The van der Waals surface area contributed by atoms with Crippen molar-refractivity contribution in [1.82, 2.24) is 0 Å². The van der Waals surface area contributed by atoms with Crippen molar-refractivity contribution in [2.75, 3.05) is 0 Å². The van der Waals surface area contributed by atoms with Crippen molar-refractivity contribution >= 4 is 22.7 Å². The average molecular weight is 386 g/mol. The van der Waals surface area contributed by atoms with Gasteiger partial charge in [-0.05, 0) is 23.3 Å². The number of hydrogen-bond acceptors (Lipinski definition) is 7. The lowest BCUT2D eigenvalue weighted by Crippen LogP contribution is -1.99. The predicted molar refractivity (Wildman–Crippen MR) is 98.6 cm³/mol. The monoisotopic (exact) mass is 386 g/mol. The van der Waals surface area contributed by atoms with Crippen LogP contribution in [0.5, 0.6) is 0 Å². The van der Waals surface area contributed by atoms with Gasteiger partial charge in [-0.1, -0.05) is 24.3 Å². The first kappa shape index (κ1) is 18.6. The van der Waals surface area contributed by atoms with E-state index in [1.54, 1.807) is 24.3 Å². The van der Waals surface area contributed by atoms with Crippen molar-refractivity contribution in [2.45, 2.75) is 12.2 Å². The van der Waals surface area contributed by atoms with Gasteiger partial charge in [0.1, 0.15) is 12.2 Å². The van der Waals surface area contributed by atoms with Crippen LogP contribution in [0.15, 0.2) is 60.7 Å². The molecule has 138 valence electrons. The minimum absolute atomic E-state index is 0.125. The SMILES string of the molecule is O=[N+]([O-])c1cccc([C@@H](O)c2ccc([C@H](O)c3cccc([N+](=O)[O-])c3)s2)c1. The Morgan fingerprint density at radius 3 is 1.52 bits per heavy atom. The van der Waals surface area contributed by atoms with Crippen molar-refractivity contribution in [3.8, 4) is 0 Å². The van der Waals surface area contributed by atoms with Crippen LogP contribution in [0, 0.1) is 20.2 Å². The Labute approximate surface area is 157 Å². The lowest BCUT2D eigenvalue weighted by atomic mass is 10.1. The predicted octanol–water partition coefficient (Wildman–Crippen LogP) is 3.73. The van der Waals surface area contributed by atoms with Crippen LogP contribution in [0.4, 0.5) is 11.4 Å². The van der Waals surface area contributed by atoms with Gasteiger partial charge in [0.15, 0.2) is 0 Å². The summed E-state index contributed by atoms with van der Waals surface area (Å²) in [5, 5.41) is 42.8. The van der Waals surface area contributed by atoms with Crippen molar-refractivity contribution in [3.05, 3.63) is 102 Å². The highest BCUT2D eigenvalue weighted by Crippen LogP contribution is 2.35.